The number of nitrogens with zero attached hydrogens (tertiary/aromatic N) is 1. The topological polar surface area (TPSA) is 105 Å². The first-order chi connectivity index (χ1) is 9.54. The van der Waals surface area contributed by atoms with Crippen molar-refractivity contribution in [1.82, 2.24) is 10.2 Å². The van der Waals surface area contributed by atoms with Crippen molar-refractivity contribution < 1.29 is 19.4 Å². The zero-order chi connectivity index (χ0) is 14.7. The molecular formula is C13H17N3O4. The van der Waals surface area contributed by atoms with Crippen molar-refractivity contribution in [2.45, 2.75) is 12.5 Å². The summed E-state index contributed by atoms with van der Waals surface area (Å²) in [5, 5.41) is 12.6. The molecule has 0 aromatic rings. The van der Waals surface area contributed by atoms with Gasteiger partial charge in [0.25, 0.3) is 0 Å². The van der Waals surface area contributed by atoms with Gasteiger partial charge in [0.15, 0.2) is 6.04 Å². The fourth-order valence-corrected chi connectivity index (χ4v) is 2.30. The van der Waals surface area contributed by atoms with Crippen molar-refractivity contribution in [2.24, 2.45) is 5.73 Å². The average molecular weight is 279 g/mol. The monoisotopic (exact) mass is 279 g/mol. The predicted molar refractivity (Wildman–Crippen MR) is 71.6 cm³/mol. The Balaban J connectivity index is 2.42. The molecule has 4 N–H and O–H groups in total. The molecule has 7 nitrogen and oxygen atoms in total. The number of carboxylic acid groups (broad SMARTS) is 1. The molecule has 0 bridgehead atoms. The molecule has 0 aliphatic carbocycles. The third-order valence-corrected chi connectivity index (χ3v) is 3.23. The van der Waals surface area contributed by atoms with E-state index in [2.05, 4.69) is 10.1 Å². The van der Waals surface area contributed by atoms with Crippen LogP contribution in [0.15, 0.2) is 35.2 Å². The lowest BCUT2D eigenvalue weighted by molar-refractivity contribution is -0.144. The number of methoxy groups -OCH3 is 1. The Morgan fingerprint density at radius 3 is 2.85 bits per heavy atom. The number of rotatable bonds is 2. The van der Waals surface area contributed by atoms with Crippen LogP contribution in [0.25, 0.3) is 0 Å². The van der Waals surface area contributed by atoms with E-state index in [1.54, 1.807) is 6.08 Å². The first kappa shape index (κ1) is 14.1. The smallest absolute Gasteiger partial charge is 0.412 e. The predicted octanol–water partition coefficient (Wildman–Crippen LogP) is 0.168. The van der Waals surface area contributed by atoms with E-state index >= 15 is 0 Å². The van der Waals surface area contributed by atoms with Crippen molar-refractivity contribution in [3.8, 4) is 0 Å². The zero-order valence-corrected chi connectivity index (χ0v) is 11.1. The molecule has 0 radical (unpaired) electrons. The summed E-state index contributed by atoms with van der Waals surface area (Å²) in [5.41, 5.74) is 7.44. The number of hydrogen-bond donors (Lipinski definition) is 3. The Morgan fingerprint density at radius 2 is 2.30 bits per heavy atom. The van der Waals surface area contributed by atoms with Gasteiger partial charge >= 0.3 is 12.1 Å². The number of ether oxygens (including phenoxy) is 1. The van der Waals surface area contributed by atoms with E-state index in [1.807, 2.05) is 6.08 Å². The fraction of sp³-hybridized carbons (Fsp3) is 0.385. The van der Waals surface area contributed by atoms with E-state index in [-0.39, 0.29) is 0 Å². The third kappa shape index (κ3) is 2.67. The summed E-state index contributed by atoms with van der Waals surface area (Å²) in [6.45, 7) is 1.41. The minimum Gasteiger partial charge on any atom is -0.467 e. The van der Waals surface area contributed by atoms with E-state index in [0.717, 1.165) is 17.0 Å². The molecule has 1 atom stereocenters. The summed E-state index contributed by atoms with van der Waals surface area (Å²) < 4.78 is 4.65. The molecule has 20 heavy (non-hydrogen) atoms. The standard InChI is InChI=1S/C13H17N3O4/c1-20-12(17)11-7-9(14)6-10(16(11)13(18)19)8-2-4-15-5-3-8/h2,6-7,11,15H,3-5,14H2,1H3,(H,18,19). The maximum absolute atomic E-state index is 11.8. The first-order valence-electron chi connectivity index (χ1n) is 6.23. The molecule has 0 aromatic carbocycles. The fourth-order valence-electron chi connectivity index (χ4n) is 2.30. The lowest BCUT2D eigenvalue weighted by Crippen LogP contribution is -2.46. The van der Waals surface area contributed by atoms with Gasteiger partial charge < -0.3 is 20.9 Å². The van der Waals surface area contributed by atoms with Crippen LogP contribution in [0.1, 0.15) is 6.42 Å². The maximum Gasteiger partial charge on any atom is 0.412 e. The van der Waals surface area contributed by atoms with Crippen LogP contribution >= 0.6 is 0 Å². The molecule has 2 heterocycles. The van der Waals surface area contributed by atoms with Crippen molar-refractivity contribution in [1.29, 1.82) is 0 Å². The van der Waals surface area contributed by atoms with Crippen LogP contribution in [-0.4, -0.2) is 48.3 Å². The normalized spacial score (nSPS) is 22.6. The van der Waals surface area contributed by atoms with Crippen LogP contribution in [0.2, 0.25) is 0 Å². The maximum atomic E-state index is 11.8. The number of allylic oxidation sites excluding steroid dienone is 2. The number of hydrogen-bond acceptors (Lipinski definition) is 5. The second-order valence-electron chi connectivity index (χ2n) is 4.50. The summed E-state index contributed by atoms with van der Waals surface area (Å²) in [5.74, 6) is -0.657. The van der Waals surface area contributed by atoms with Gasteiger partial charge in [0.2, 0.25) is 0 Å². The molecular weight excluding hydrogens is 262 g/mol. The lowest BCUT2D eigenvalue weighted by atomic mass is 9.99. The van der Waals surface area contributed by atoms with Gasteiger partial charge in [-0.15, -0.1) is 0 Å². The largest absolute Gasteiger partial charge is 0.467 e. The third-order valence-electron chi connectivity index (χ3n) is 3.23. The summed E-state index contributed by atoms with van der Waals surface area (Å²) >= 11 is 0. The van der Waals surface area contributed by atoms with Crippen LogP contribution in [0.3, 0.4) is 0 Å². The second-order valence-corrected chi connectivity index (χ2v) is 4.50. The van der Waals surface area contributed by atoms with Crippen molar-refractivity contribution >= 4 is 12.1 Å². The molecule has 2 aliphatic rings. The molecule has 2 rings (SSSR count). The highest BCUT2D eigenvalue weighted by Gasteiger charge is 2.35. The van der Waals surface area contributed by atoms with Gasteiger partial charge in [0, 0.05) is 12.2 Å². The van der Waals surface area contributed by atoms with Crippen LogP contribution < -0.4 is 11.1 Å². The summed E-state index contributed by atoms with van der Waals surface area (Å²) in [7, 11) is 1.22. The van der Waals surface area contributed by atoms with Crippen molar-refractivity contribution in [3.63, 3.8) is 0 Å². The van der Waals surface area contributed by atoms with E-state index in [9.17, 15) is 14.7 Å². The molecule has 0 spiro atoms. The zero-order valence-electron chi connectivity index (χ0n) is 11.1. The molecule has 0 aromatic heterocycles. The van der Waals surface area contributed by atoms with Crippen molar-refractivity contribution in [3.05, 3.63) is 35.2 Å². The van der Waals surface area contributed by atoms with Gasteiger partial charge in [-0.3, -0.25) is 4.90 Å². The molecule has 0 saturated heterocycles. The van der Waals surface area contributed by atoms with Crippen LogP contribution in [0.4, 0.5) is 4.79 Å². The quantitative estimate of drug-likeness (QED) is 0.622. The highest BCUT2D eigenvalue weighted by atomic mass is 16.5. The van der Waals surface area contributed by atoms with Gasteiger partial charge in [-0.05, 0) is 30.7 Å². The van der Waals surface area contributed by atoms with Crippen LogP contribution in [-0.2, 0) is 9.53 Å². The van der Waals surface area contributed by atoms with Gasteiger partial charge in [0.05, 0.1) is 12.8 Å². The van der Waals surface area contributed by atoms with E-state index in [1.165, 1.54) is 13.2 Å². The Morgan fingerprint density at radius 1 is 1.55 bits per heavy atom. The number of nitrogens with one attached hydrogen (secondary N) is 1. The highest BCUT2D eigenvalue weighted by molar-refractivity contribution is 5.85. The number of amides is 1. The number of carbonyl (C=O) groups is 2. The highest BCUT2D eigenvalue weighted by Crippen LogP contribution is 2.27. The lowest BCUT2D eigenvalue weighted by Gasteiger charge is -2.33. The first-order valence-corrected chi connectivity index (χ1v) is 6.23. The molecule has 0 fully saturated rings. The van der Waals surface area contributed by atoms with Gasteiger partial charge in [-0.2, -0.15) is 0 Å². The Hall–Kier alpha value is -2.28. The summed E-state index contributed by atoms with van der Waals surface area (Å²) in [6, 6.07) is -1.05. The van der Waals surface area contributed by atoms with Crippen molar-refractivity contribution in [2.75, 3.05) is 20.2 Å². The van der Waals surface area contributed by atoms with E-state index < -0.39 is 18.1 Å². The molecule has 2 aliphatic heterocycles. The Kier molecular flexibility index (Phi) is 4.09. The molecule has 1 amide bonds. The molecule has 108 valence electrons. The Bertz CT molecular complexity index is 522. The van der Waals surface area contributed by atoms with Gasteiger partial charge in [-0.1, -0.05) is 6.08 Å². The van der Waals surface area contributed by atoms with Gasteiger partial charge in [-0.25, -0.2) is 9.59 Å². The summed E-state index contributed by atoms with van der Waals surface area (Å²) in [4.78, 5) is 24.3. The minimum atomic E-state index is -1.21. The average Bonchev–Trinajstić information content (AvgIpc) is 2.46. The minimum absolute atomic E-state index is 0.354. The number of nitrogens with two attached hydrogens (primary N) is 1. The number of esters is 1. The molecule has 7 heteroatoms. The van der Waals surface area contributed by atoms with Crippen LogP contribution in [0, 0.1) is 0 Å². The summed E-state index contributed by atoms with van der Waals surface area (Å²) in [6.07, 6.45) is 4.32. The second kappa shape index (κ2) is 5.79. The van der Waals surface area contributed by atoms with Crippen LogP contribution in [0.5, 0.6) is 0 Å². The van der Waals surface area contributed by atoms with Gasteiger partial charge in [0.1, 0.15) is 0 Å². The van der Waals surface area contributed by atoms with E-state index in [4.69, 9.17) is 5.73 Å². The SMILES string of the molecule is COC(=O)C1C=C(N)C=C(C2=CCNCC2)N1C(=O)O. The number of carbonyl (C=O) groups excluding carboxylic acids is 1. The Labute approximate surface area is 116 Å². The molecule has 1 unspecified atom stereocenters. The van der Waals surface area contributed by atoms with E-state index in [0.29, 0.717) is 24.4 Å². The molecule has 0 saturated carbocycles.